The van der Waals surface area contributed by atoms with Crippen LogP contribution in [0.3, 0.4) is 0 Å². The molecule has 2 aromatic carbocycles. The molecule has 0 bridgehead atoms. The lowest BCUT2D eigenvalue weighted by Crippen LogP contribution is -2.41. The normalized spacial score (nSPS) is 15.4. The summed E-state index contributed by atoms with van der Waals surface area (Å²) in [6, 6.07) is 5.02. The van der Waals surface area contributed by atoms with Crippen LogP contribution < -0.4 is 5.32 Å². The van der Waals surface area contributed by atoms with Crippen LogP contribution in [0, 0.1) is 29.2 Å². The van der Waals surface area contributed by atoms with Gasteiger partial charge in [0, 0.05) is 24.8 Å². The summed E-state index contributed by atoms with van der Waals surface area (Å²) in [7, 11) is -4.06. The Morgan fingerprint density at radius 3 is 2.12 bits per heavy atom. The first-order chi connectivity index (χ1) is 15.1. The number of halogens is 4. The standard InChI is InChI=1S/C20H18F4N2O5S/c21-15-3-1-13(9-17(15)23)25-19(27)11-31-20(28)12-5-7-26(8-6-12)32(29,30)14-2-4-16(22)18(24)10-14/h1-4,9-10,12H,5-8,11H2,(H,25,27). The van der Waals surface area contributed by atoms with Crippen LogP contribution in [0.25, 0.3) is 0 Å². The fraction of sp³-hybridized carbons (Fsp3) is 0.300. The highest BCUT2D eigenvalue weighted by Crippen LogP contribution is 2.25. The van der Waals surface area contributed by atoms with E-state index in [1.807, 2.05) is 0 Å². The van der Waals surface area contributed by atoms with Gasteiger partial charge in [0.05, 0.1) is 10.8 Å². The van der Waals surface area contributed by atoms with Gasteiger partial charge in [-0.1, -0.05) is 0 Å². The van der Waals surface area contributed by atoms with E-state index in [4.69, 9.17) is 4.74 Å². The monoisotopic (exact) mass is 474 g/mol. The van der Waals surface area contributed by atoms with E-state index in [1.54, 1.807) is 0 Å². The van der Waals surface area contributed by atoms with Crippen molar-refractivity contribution >= 4 is 27.6 Å². The zero-order valence-electron chi connectivity index (χ0n) is 16.5. The maximum absolute atomic E-state index is 13.4. The molecule has 0 spiro atoms. The lowest BCUT2D eigenvalue weighted by Gasteiger charge is -2.30. The van der Waals surface area contributed by atoms with Gasteiger partial charge in [-0.25, -0.2) is 26.0 Å². The number of hydrogen-bond acceptors (Lipinski definition) is 5. The fourth-order valence-electron chi connectivity index (χ4n) is 3.14. The first-order valence-electron chi connectivity index (χ1n) is 9.44. The second-order valence-electron chi connectivity index (χ2n) is 7.04. The number of nitrogens with one attached hydrogen (secondary N) is 1. The molecule has 1 aliphatic heterocycles. The topological polar surface area (TPSA) is 92.8 Å². The molecule has 3 rings (SSSR count). The van der Waals surface area contributed by atoms with Crippen LogP contribution in [0.2, 0.25) is 0 Å². The number of rotatable bonds is 6. The number of ether oxygens (including phenoxy) is 1. The minimum atomic E-state index is -4.06. The third-order valence-corrected chi connectivity index (χ3v) is 6.76. The fourth-order valence-corrected chi connectivity index (χ4v) is 4.63. The molecule has 1 heterocycles. The van der Waals surface area contributed by atoms with Gasteiger partial charge in [0.1, 0.15) is 0 Å². The summed E-state index contributed by atoms with van der Waals surface area (Å²) in [4.78, 5) is 23.6. The summed E-state index contributed by atoms with van der Waals surface area (Å²) in [6.45, 7) is -0.768. The number of sulfonamides is 1. The van der Waals surface area contributed by atoms with Crippen LogP contribution >= 0.6 is 0 Å². The van der Waals surface area contributed by atoms with Crippen molar-refractivity contribution in [2.75, 3.05) is 25.0 Å². The van der Waals surface area contributed by atoms with E-state index < -0.39 is 62.6 Å². The Morgan fingerprint density at radius 1 is 0.938 bits per heavy atom. The number of carbonyl (C=O) groups is 2. The minimum Gasteiger partial charge on any atom is -0.455 e. The highest BCUT2D eigenvalue weighted by molar-refractivity contribution is 7.89. The molecule has 7 nitrogen and oxygen atoms in total. The third kappa shape index (κ3) is 5.43. The molecule has 2 aromatic rings. The molecule has 1 saturated heterocycles. The minimum absolute atomic E-state index is 0.0132. The highest BCUT2D eigenvalue weighted by Gasteiger charge is 2.33. The molecule has 12 heteroatoms. The van der Waals surface area contributed by atoms with Crippen LogP contribution in [0.1, 0.15) is 12.8 Å². The number of hydrogen-bond donors (Lipinski definition) is 1. The van der Waals surface area contributed by atoms with Crippen LogP contribution in [0.15, 0.2) is 41.3 Å². The van der Waals surface area contributed by atoms with E-state index in [0.29, 0.717) is 6.07 Å². The second-order valence-corrected chi connectivity index (χ2v) is 8.98. The SMILES string of the molecule is O=C(COC(=O)C1CCN(S(=O)(=O)c2ccc(F)c(F)c2)CC1)Nc1ccc(F)c(F)c1. The van der Waals surface area contributed by atoms with Gasteiger partial charge >= 0.3 is 5.97 Å². The van der Waals surface area contributed by atoms with Gasteiger partial charge in [0.15, 0.2) is 29.9 Å². The Morgan fingerprint density at radius 2 is 1.53 bits per heavy atom. The smallest absolute Gasteiger partial charge is 0.309 e. The Bertz CT molecular complexity index is 1130. The number of nitrogens with zero attached hydrogens (tertiary/aromatic N) is 1. The van der Waals surface area contributed by atoms with Gasteiger partial charge in [0.25, 0.3) is 5.91 Å². The van der Waals surface area contributed by atoms with Crippen LogP contribution in [-0.2, 0) is 24.3 Å². The van der Waals surface area contributed by atoms with Gasteiger partial charge in [-0.2, -0.15) is 4.31 Å². The number of carbonyl (C=O) groups excluding carboxylic acids is 2. The Hall–Kier alpha value is -2.99. The van der Waals surface area contributed by atoms with Crippen molar-refractivity contribution in [3.63, 3.8) is 0 Å². The van der Waals surface area contributed by atoms with Crippen LogP contribution in [0.4, 0.5) is 23.2 Å². The molecular formula is C20H18F4N2O5S. The Balaban J connectivity index is 1.50. The predicted molar refractivity (Wildman–Crippen MR) is 104 cm³/mol. The van der Waals surface area contributed by atoms with Gasteiger partial charge in [-0.05, 0) is 43.2 Å². The van der Waals surface area contributed by atoms with Gasteiger partial charge in [0.2, 0.25) is 10.0 Å². The molecule has 172 valence electrons. The van der Waals surface area contributed by atoms with E-state index in [2.05, 4.69) is 5.32 Å². The third-order valence-electron chi connectivity index (χ3n) is 4.86. The molecule has 1 aliphatic rings. The van der Waals surface area contributed by atoms with Gasteiger partial charge in [-0.3, -0.25) is 9.59 Å². The van der Waals surface area contributed by atoms with Crippen LogP contribution in [-0.4, -0.2) is 44.3 Å². The number of piperidine rings is 1. The Kier molecular flexibility index (Phi) is 7.14. The lowest BCUT2D eigenvalue weighted by atomic mass is 9.98. The van der Waals surface area contributed by atoms with Crippen molar-refractivity contribution < 1.29 is 40.3 Å². The molecule has 0 aromatic heterocycles. The summed E-state index contributed by atoms with van der Waals surface area (Å²) >= 11 is 0. The summed E-state index contributed by atoms with van der Waals surface area (Å²) in [5.41, 5.74) is -0.0132. The molecule has 1 fully saturated rings. The molecule has 32 heavy (non-hydrogen) atoms. The van der Waals surface area contributed by atoms with Crippen molar-refractivity contribution in [3.05, 3.63) is 59.7 Å². The van der Waals surface area contributed by atoms with Crippen molar-refractivity contribution in [1.29, 1.82) is 0 Å². The molecular weight excluding hydrogens is 456 g/mol. The quantitative estimate of drug-likeness (QED) is 0.514. The average molecular weight is 474 g/mol. The molecule has 1 N–H and O–H groups in total. The first-order valence-corrected chi connectivity index (χ1v) is 10.9. The van der Waals surface area contributed by atoms with E-state index in [9.17, 15) is 35.6 Å². The molecule has 0 radical (unpaired) electrons. The number of anilines is 1. The zero-order valence-corrected chi connectivity index (χ0v) is 17.3. The van der Waals surface area contributed by atoms with Crippen molar-refractivity contribution in [1.82, 2.24) is 4.31 Å². The molecule has 0 unspecified atom stereocenters. The number of esters is 1. The molecule has 1 amide bonds. The van der Waals surface area contributed by atoms with Gasteiger partial charge < -0.3 is 10.1 Å². The second kappa shape index (κ2) is 9.65. The molecule has 0 saturated carbocycles. The van der Waals surface area contributed by atoms with E-state index >= 15 is 0 Å². The van der Waals surface area contributed by atoms with Crippen molar-refractivity contribution in [2.24, 2.45) is 5.92 Å². The average Bonchev–Trinajstić information content (AvgIpc) is 2.76. The Labute approximate surface area is 181 Å². The first kappa shape index (κ1) is 23.7. The van der Waals surface area contributed by atoms with Gasteiger partial charge in [-0.15, -0.1) is 0 Å². The predicted octanol–water partition coefficient (Wildman–Crippen LogP) is 2.83. The van der Waals surface area contributed by atoms with Crippen LogP contribution in [0.5, 0.6) is 0 Å². The summed E-state index contributed by atoms with van der Waals surface area (Å²) in [6.07, 6.45) is 0.207. The maximum atomic E-state index is 13.4. The number of amides is 1. The lowest BCUT2D eigenvalue weighted by molar-refractivity contribution is -0.152. The van der Waals surface area contributed by atoms with Crippen molar-refractivity contribution in [2.45, 2.75) is 17.7 Å². The zero-order chi connectivity index (χ0) is 23.5. The summed E-state index contributed by atoms with van der Waals surface area (Å²) in [5, 5.41) is 2.25. The van der Waals surface area contributed by atoms with E-state index in [-0.39, 0.29) is 31.6 Å². The summed E-state index contributed by atoms with van der Waals surface area (Å²) in [5.74, 6) is -6.82. The maximum Gasteiger partial charge on any atom is 0.309 e. The van der Waals surface area contributed by atoms with Crippen molar-refractivity contribution in [3.8, 4) is 0 Å². The van der Waals surface area contributed by atoms with E-state index in [0.717, 1.165) is 34.6 Å². The number of benzene rings is 2. The highest BCUT2D eigenvalue weighted by atomic mass is 32.2. The molecule has 0 atom stereocenters. The molecule has 0 aliphatic carbocycles. The van der Waals surface area contributed by atoms with E-state index in [1.165, 1.54) is 0 Å². The largest absolute Gasteiger partial charge is 0.455 e. The summed E-state index contributed by atoms with van der Waals surface area (Å²) < 4.78 is 83.6.